The number of carbonyl (C=O) groups is 1. The van der Waals surface area contributed by atoms with Gasteiger partial charge in [-0.15, -0.1) is 0 Å². The number of hydrogen-bond donors (Lipinski definition) is 2. The van der Waals surface area contributed by atoms with Crippen LogP contribution in [0, 0.1) is 0 Å². The molecule has 0 aromatic heterocycles. The van der Waals surface area contributed by atoms with Gasteiger partial charge in [0.05, 0.1) is 0 Å². The van der Waals surface area contributed by atoms with Crippen molar-refractivity contribution >= 4 is 6.03 Å². The number of urea groups is 1. The summed E-state index contributed by atoms with van der Waals surface area (Å²) >= 11 is 0. The largest absolute Gasteiger partial charge is 0.338 e. The highest BCUT2D eigenvalue weighted by atomic mass is 16.2. The Morgan fingerprint density at radius 1 is 1.36 bits per heavy atom. The molecule has 11 heavy (non-hydrogen) atoms. The van der Waals surface area contributed by atoms with E-state index in [2.05, 4.69) is 10.6 Å². The zero-order valence-corrected chi connectivity index (χ0v) is 7.48. The molecule has 0 aliphatic carbocycles. The van der Waals surface area contributed by atoms with Gasteiger partial charge in [-0.25, -0.2) is 4.79 Å². The molecule has 0 unspecified atom stereocenters. The van der Waals surface area contributed by atoms with E-state index in [1.807, 2.05) is 25.9 Å². The highest BCUT2D eigenvalue weighted by Gasteiger charge is 1.95. The number of rotatable bonds is 4. The van der Waals surface area contributed by atoms with E-state index >= 15 is 0 Å². The molecular weight excluding hydrogens is 142 g/mol. The molecule has 0 spiro atoms. The summed E-state index contributed by atoms with van der Waals surface area (Å²) in [6, 6.07) is -0.0886. The lowest BCUT2D eigenvalue weighted by atomic mass is 10.6. The van der Waals surface area contributed by atoms with Gasteiger partial charge in [-0.05, 0) is 21.0 Å². The van der Waals surface area contributed by atoms with Gasteiger partial charge < -0.3 is 15.5 Å². The molecule has 0 atom stereocenters. The third kappa shape index (κ3) is 7.12. The van der Waals surface area contributed by atoms with Gasteiger partial charge in [0, 0.05) is 19.6 Å². The quantitative estimate of drug-likeness (QED) is 0.600. The molecule has 0 saturated carbocycles. The molecule has 0 aliphatic rings. The first-order chi connectivity index (χ1) is 5.16. The van der Waals surface area contributed by atoms with E-state index in [1.54, 1.807) is 0 Å². The van der Waals surface area contributed by atoms with Gasteiger partial charge in [-0.3, -0.25) is 0 Å². The normalized spacial score (nSPS) is 9.82. The Hall–Kier alpha value is -0.770. The second-order valence-electron chi connectivity index (χ2n) is 2.59. The first-order valence-corrected chi connectivity index (χ1v) is 3.83. The summed E-state index contributed by atoms with van der Waals surface area (Å²) < 4.78 is 0. The zero-order valence-electron chi connectivity index (χ0n) is 7.48. The Morgan fingerprint density at radius 2 is 2.00 bits per heavy atom. The van der Waals surface area contributed by atoms with Gasteiger partial charge >= 0.3 is 6.03 Å². The maximum atomic E-state index is 10.8. The van der Waals surface area contributed by atoms with Crippen LogP contribution in [-0.2, 0) is 0 Å². The second kappa shape index (κ2) is 5.97. The average molecular weight is 159 g/mol. The molecule has 2 amide bonds. The van der Waals surface area contributed by atoms with Crippen LogP contribution in [0.1, 0.15) is 6.92 Å². The van der Waals surface area contributed by atoms with Crippen LogP contribution in [0.5, 0.6) is 0 Å². The van der Waals surface area contributed by atoms with Crippen molar-refractivity contribution in [3.8, 4) is 0 Å². The maximum Gasteiger partial charge on any atom is 0.314 e. The number of amides is 2. The molecular formula is C7H17N3O. The van der Waals surface area contributed by atoms with Gasteiger partial charge in [0.25, 0.3) is 0 Å². The molecule has 4 heteroatoms. The van der Waals surface area contributed by atoms with Gasteiger partial charge in [0.15, 0.2) is 0 Å². The van der Waals surface area contributed by atoms with Crippen LogP contribution < -0.4 is 10.6 Å². The molecule has 4 nitrogen and oxygen atoms in total. The van der Waals surface area contributed by atoms with Crippen LogP contribution in [0.2, 0.25) is 0 Å². The van der Waals surface area contributed by atoms with Crippen molar-refractivity contribution < 1.29 is 4.79 Å². The van der Waals surface area contributed by atoms with Crippen molar-refractivity contribution in [2.24, 2.45) is 0 Å². The Balaban J connectivity index is 3.17. The summed E-state index contributed by atoms with van der Waals surface area (Å²) in [4.78, 5) is 12.8. The van der Waals surface area contributed by atoms with Crippen molar-refractivity contribution in [3.05, 3.63) is 0 Å². The van der Waals surface area contributed by atoms with Crippen molar-refractivity contribution in [2.75, 3.05) is 33.7 Å². The molecule has 0 saturated heterocycles. The third-order valence-electron chi connectivity index (χ3n) is 1.18. The summed E-state index contributed by atoms with van der Waals surface area (Å²) in [6.45, 7) is 4.13. The van der Waals surface area contributed by atoms with E-state index in [0.29, 0.717) is 13.1 Å². The monoisotopic (exact) mass is 159 g/mol. The lowest BCUT2D eigenvalue weighted by Gasteiger charge is -2.10. The highest BCUT2D eigenvalue weighted by Crippen LogP contribution is 1.70. The van der Waals surface area contributed by atoms with Crippen molar-refractivity contribution in [1.29, 1.82) is 0 Å². The molecule has 66 valence electrons. The molecule has 2 N–H and O–H groups in total. The van der Waals surface area contributed by atoms with Crippen LogP contribution in [0.15, 0.2) is 0 Å². The van der Waals surface area contributed by atoms with Crippen LogP contribution in [0.25, 0.3) is 0 Å². The van der Waals surface area contributed by atoms with Crippen LogP contribution in [0.4, 0.5) is 4.79 Å². The molecule has 0 aromatic rings. The highest BCUT2D eigenvalue weighted by molar-refractivity contribution is 5.73. The Labute approximate surface area is 67.9 Å². The zero-order chi connectivity index (χ0) is 8.69. The number of nitrogens with zero attached hydrogens (tertiary/aromatic N) is 1. The van der Waals surface area contributed by atoms with E-state index < -0.39 is 0 Å². The van der Waals surface area contributed by atoms with Gasteiger partial charge in [0.2, 0.25) is 0 Å². The van der Waals surface area contributed by atoms with E-state index in [0.717, 1.165) is 6.54 Å². The molecule has 0 rings (SSSR count). The number of hydrogen-bond acceptors (Lipinski definition) is 2. The molecule has 0 aromatic carbocycles. The number of carbonyl (C=O) groups excluding carboxylic acids is 1. The van der Waals surface area contributed by atoms with E-state index in [-0.39, 0.29) is 6.03 Å². The SMILES string of the molecule is CCNC(=O)NCCN(C)C. The van der Waals surface area contributed by atoms with Gasteiger partial charge in [-0.2, -0.15) is 0 Å². The van der Waals surface area contributed by atoms with Crippen LogP contribution >= 0.6 is 0 Å². The van der Waals surface area contributed by atoms with Gasteiger partial charge in [0.1, 0.15) is 0 Å². The lowest BCUT2D eigenvalue weighted by molar-refractivity contribution is 0.240. The predicted octanol–water partition coefficient (Wildman–Crippen LogP) is -0.133. The predicted molar refractivity (Wildman–Crippen MR) is 45.6 cm³/mol. The van der Waals surface area contributed by atoms with E-state index in [1.165, 1.54) is 0 Å². The average Bonchev–Trinajstić information content (AvgIpc) is 1.87. The molecule has 0 radical (unpaired) electrons. The number of nitrogens with one attached hydrogen (secondary N) is 2. The fourth-order valence-electron chi connectivity index (χ4n) is 0.616. The first kappa shape index (κ1) is 10.2. The first-order valence-electron chi connectivity index (χ1n) is 3.83. The van der Waals surface area contributed by atoms with Crippen molar-refractivity contribution in [1.82, 2.24) is 15.5 Å². The molecule has 0 aliphatic heterocycles. The summed E-state index contributed by atoms with van der Waals surface area (Å²) in [7, 11) is 3.94. The number of likely N-dealkylation sites (N-methyl/N-ethyl adjacent to an activating group) is 1. The summed E-state index contributed by atoms with van der Waals surface area (Å²) in [5.74, 6) is 0. The Kier molecular flexibility index (Phi) is 5.56. The molecule has 0 heterocycles. The fraction of sp³-hybridized carbons (Fsp3) is 0.857. The minimum absolute atomic E-state index is 0.0886. The van der Waals surface area contributed by atoms with Crippen LogP contribution in [0.3, 0.4) is 0 Å². The van der Waals surface area contributed by atoms with Crippen molar-refractivity contribution in [3.63, 3.8) is 0 Å². The van der Waals surface area contributed by atoms with E-state index in [9.17, 15) is 4.79 Å². The smallest absolute Gasteiger partial charge is 0.314 e. The molecule has 0 bridgehead atoms. The third-order valence-corrected chi connectivity index (χ3v) is 1.18. The fourth-order valence-corrected chi connectivity index (χ4v) is 0.616. The minimum Gasteiger partial charge on any atom is -0.338 e. The Morgan fingerprint density at radius 3 is 2.45 bits per heavy atom. The minimum atomic E-state index is -0.0886. The maximum absolute atomic E-state index is 10.8. The summed E-state index contributed by atoms with van der Waals surface area (Å²) in [5.41, 5.74) is 0. The molecule has 0 fully saturated rings. The van der Waals surface area contributed by atoms with Gasteiger partial charge in [-0.1, -0.05) is 0 Å². The lowest BCUT2D eigenvalue weighted by Crippen LogP contribution is -2.38. The van der Waals surface area contributed by atoms with Crippen LogP contribution in [-0.4, -0.2) is 44.7 Å². The summed E-state index contributed by atoms with van der Waals surface area (Å²) in [5, 5.41) is 5.37. The van der Waals surface area contributed by atoms with Crippen molar-refractivity contribution in [2.45, 2.75) is 6.92 Å². The topological polar surface area (TPSA) is 44.4 Å². The standard InChI is InChI=1S/C7H17N3O/c1-4-8-7(11)9-5-6-10(2)3/h4-6H2,1-3H3,(H2,8,9,11). The Bertz CT molecular complexity index is 114. The van der Waals surface area contributed by atoms with E-state index in [4.69, 9.17) is 0 Å². The second-order valence-corrected chi connectivity index (χ2v) is 2.59. The summed E-state index contributed by atoms with van der Waals surface area (Å²) in [6.07, 6.45) is 0.